The Bertz CT molecular complexity index is 647. The van der Waals surface area contributed by atoms with Gasteiger partial charge in [-0.3, -0.25) is 9.59 Å². The van der Waals surface area contributed by atoms with Gasteiger partial charge in [0.25, 0.3) is 0 Å². The zero-order valence-corrected chi connectivity index (χ0v) is 13.1. The molecule has 1 aromatic heterocycles. The Morgan fingerprint density at radius 1 is 1.52 bits per heavy atom. The average molecular weight is 351 g/mol. The Morgan fingerprint density at radius 3 is 2.65 bits per heavy atom. The number of ether oxygens (including phenoxy) is 1. The van der Waals surface area contributed by atoms with Crippen molar-refractivity contribution in [1.82, 2.24) is 4.98 Å². The first kappa shape index (κ1) is 17.5. The number of carbonyl (C=O) groups excluding carboxylic acids is 2. The zero-order valence-electron chi connectivity index (χ0n) is 12.3. The van der Waals surface area contributed by atoms with Crippen LogP contribution in [-0.4, -0.2) is 22.5 Å². The Morgan fingerprint density at radius 2 is 2.17 bits per heavy atom. The van der Waals surface area contributed by atoms with Crippen LogP contribution in [0.1, 0.15) is 32.3 Å². The second-order valence-corrected chi connectivity index (χ2v) is 6.29. The van der Waals surface area contributed by atoms with Gasteiger partial charge in [-0.1, -0.05) is 11.6 Å². The SMILES string of the molecule is CC1(C)C[C@@H](CC(=O)Nc2ncc(C(F)(F)F)cc2Cl)C(=O)O1. The minimum Gasteiger partial charge on any atom is -0.459 e. The monoisotopic (exact) mass is 350 g/mol. The summed E-state index contributed by atoms with van der Waals surface area (Å²) in [5, 5.41) is 1.98. The van der Waals surface area contributed by atoms with Crippen LogP contribution in [0.4, 0.5) is 19.0 Å². The number of hydrogen-bond donors (Lipinski definition) is 1. The number of amides is 1. The molecule has 0 bridgehead atoms. The fourth-order valence-corrected chi connectivity index (χ4v) is 2.53. The molecule has 2 heterocycles. The van der Waals surface area contributed by atoms with Crippen LogP contribution in [0.25, 0.3) is 0 Å². The first-order chi connectivity index (χ1) is 10.5. The quantitative estimate of drug-likeness (QED) is 0.848. The number of esters is 1. The van der Waals surface area contributed by atoms with E-state index in [0.29, 0.717) is 18.7 Å². The third-order valence-corrected chi connectivity index (χ3v) is 3.59. The third kappa shape index (κ3) is 4.34. The first-order valence-electron chi connectivity index (χ1n) is 6.73. The molecule has 23 heavy (non-hydrogen) atoms. The predicted molar refractivity (Wildman–Crippen MR) is 75.8 cm³/mol. The van der Waals surface area contributed by atoms with E-state index in [-0.39, 0.29) is 17.3 Å². The molecule has 0 aromatic carbocycles. The van der Waals surface area contributed by atoms with Gasteiger partial charge in [-0.15, -0.1) is 0 Å². The second-order valence-electron chi connectivity index (χ2n) is 5.89. The fourth-order valence-electron chi connectivity index (χ4n) is 2.32. The number of nitrogens with one attached hydrogen (secondary N) is 1. The van der Waals surface area contributed by atoms with Crippen molar-refractivity contribution < 1.29 is 27.5 Å². The highest BCUT2D eigenvalue weighted by atomic mass is 35.5. The summed E-state index contributed by atoms with van der Waals surface area (Å²) >= 11 is 5.70. The van der Waals surface area contributed by atoms with E-state index in [4.69, 9.17) is 16.3 Å². The van der Waals surface area contributed by atoms with Crippen LogP contribution < -0.4 is 5.32 Å². The first-order valence-corrected chi connectivity index (χ1v) is 7.11. The molecule has 1 fully saturated rings. The lowest BCUT2D eigenvalue weighted by atomic mass is 9.95. The van der Waals surface area contributed by atoms with E-state index >= 15 is 0 Å². The maximum Gasteiger partial charge on any atom is 0.417 e. The molecular formula is C14H14ClF3N2O3. The predicted octanol–water partition coefficient (Wildman–Crippen LogP) is 3.42. The van der Waals surface area contributed by atoms with Crippen molar-refractivity contribution in [3.8, 4) is 0 Å². The minimum absolute atomic E-state index is 0.151. The van der Waals surface area contributed by atoms with E-state index in [1.54, 1.807) is 13.8 Å². The van der Waals surface area contributed by atoms with Gasteiger partial charge in [0.05, 0.1) is 16.5 Å². The zero-order chi connectivity index (χ0) is 17.4. The van der Waals surface area contributed by atoms with Crippen molar-refractivity contribution in [2.75, 3.05) is 5.32 Å². The Balaban J connectivity index is 2.02. The molecule has 1 atom stereocenters. The number of aromatic nitrogens is 1. The van der Waals surface area contributed by atoms with Gasteiger partial charge >= 0.3 is 12.1 Å². The normalized spacial score (nSPS) is 20.3. The number of anilines is 1. The Hall–Kier alpha value is -1.83. The Labute approximate surface area is 135 Å². The van der Waals surface area contributed by atoms with Crippen molar-refractivity contribution in [1.29, 1.82) is 0 Å². The highest BCUT2D eigenvalue weighted by molar-refractivity contribution is 6.33. The van der Waals surface area contributed by atoms with Crippen LogP contribution in [0.5, 0.6) is 0 Å². The molecule has 0 spiro atoms. The molecular weight excluding hydrogens is 337 g/mol. The molecule has 9 heteroatoms. The summed E-state index contributed by atoms with van der Waals surface area (Å²) in [6, 6.07) is 0.678. The number of alkyl halides is 3. The van der Waals surface area contributed by atoms with E-state index in [1.807, 2.05) is 0 Å². The van der Waals surface area contributed by atoms with E-state index in [9.17, 15) is 22.8 Å². The Kier molecular flexibility index (Phi) is 4.57. The van der Waals surface area contributed by atoms with Crippen LogP contribution in [0.3, 0.4) is 0 Å². The molecule has 0 saturated carbocycles. The van der Waals surface area contributed by atoms with Gasteiger partial charge in [-0.05, 0) is 19.9 Å². The van der Waals surface area contributed by atoms with Crippen molar-refractivity contribution in [2.45, 2.75) is 38.5 Å². The summed E-state index contributed by atoms with van der Waals surface area (Å²) in [4.78, 5) is 27.1. The molecule has 1 aliphatic rings. The number of nitrogens with zero attached hydrogens (tertiary/aromatic N) is 1. The van der Waals surface area contributed by atoms with Crippen LogP contribution in [-0.2, 0) is 20.5 Å². The standard InChI is InChI=1S/C14H14ClF3N2O3/c1-13(2)5-7(12(22)23-13)3-10(21)20-11-9(15)4-8(6-19-11)14(16,17)18/h4,6-7H,3,5H2,1-2H3,(H,19,20,21)/t7-/m1/s1. The maximum absolute atomic E-state index is 12.5. The molecule has 1 N–H and O–H groups in total. The largest absolute Gasteiger partial charge is 0.459 e. The highest BCUT2D eigenvalue weighted by Crippen LogP contribution is 2.34. The molecule has 5 nitrogen and oxygen atoms in total. The lowest BCUT2D eigenvalue weighted by Crippen LogP contribution is -2.20. The fraction of sp³-hybridized carbons (Fsp3) is 0.500. The number of rotatable bonds is 3. The number of hydrogen-bond acceptors (Lipinski definition) is 4. The van der Waals surface area contributed by atoms with Crippen molar-refractivity contribution >= 4 is 29.3 Å². The van der Waals surface area contributed by atoms with Crippen LogP contribution in [0.2, 0.25) is 5.02 Å². The van der Waals surface area contributed by atoms with Crippen molar-refractivity contribution in [3.63, 3.8) is 0 Å². The number of carbonyl (C=O) groups is 2. The maximum atomic E-state index is 12.5. The minimum atomic E-state index is -4.57. The van der Waals surface area contributed by atoms with Gasteiger partial charge < -0.3 is 10.1 Å². The summed E-state index contributed by atoms with van der Waals surface area (Å²) in [5.74, 6) is -1.83. The van der Waals surface area contributed by atoms with Gasteiger partial charge in [-0.2, -0.15) is 13.2 Å². The molecule has 1 saturated heterocycles. The molecule has 2 rings (SSSR count). The van der Waals surface area contributed by atoms with Gasteiger partial charge in [0.2, 0.25) is 5.91 Å². The molecule has 1 amide bonds. The average Bonchev–Trinajstić information content (AvgIpc) is 2.63. The molecule has 126 valence electrons. The lowest BCUT2D eigenvalue weighted by Gasteiger charge is -2.14. The van der Waals surface area contributed by atoms with Crippen molar-refractivity contribution in [3.05, 3.63) is 22.8 Å². The summed E-state index contributed by atoms with van der Waals surface area (Å²) < 4.78 is 42.6. The van der Waals surface area contributed by atoms with E-state index in [0.717, 1.165) is 0 Å². The number of cyclic esters (lactones) is 1. The highest BCUT2D eigenvalue weighted by Gasteiger charge is 2.41. The van der Waals surface area contributed by atoms with Gasteiger partial charge in [0, 0.05) is 19.0 Å². The number of pyridine rings is 1. The molecule has 0 aliphatic carbocycles. The summed E-state index contributed by atoms with van der Waals surface area (Å²) in [5.41, 5.74) is -1.65. The van der Waals surface area contributed by atoms with Crippen LogP contribution >= 0.6 is 11.6 Å². The second kappa shape index (κ2) is 5.99. The third-order valence-electron chi connectivity index (χ3n) is 3.31. The summed E-state index contributed by atoms with van der Waals surface area (Å²) in [7, 11) is 0. The van der Waals surface area contributed by atoms with Gasteiger partial charge in [0.1, 0.15) is 5.60 Å². The van der Waals surface area contributed by atoms with Crippen molar-refractivity contribution in [2.24, 2.45) is 5.92 Å². The van der Waals surface area contributed by atoms with Gasteiger partial charge in [-0.25, -0.2) is 4.98 Å². The molecule has 0 radical (unpaired) electrons. The molecule has 1 aromatic rings. The molecule has 0 unspecified atom stereocenters. The van der Waals surface area contributed by atoms with E-state index < -0.39 is 35.1 Å². The van der Waals surface area contributed by atoms with E-state index in [2.05, 4.69) is 10.3 Å². The van der Waals surface area contributed by atoms with E-state index in [1.165, 1.54) is 0 Å². The summed E-state index contributed by atoms with van der Waals surface area (Å²) in [6.45, 7) is 3.47. The van der Waals surface area contributed by atoms with Crippen LogP contribution in [0.15, 0.2) is 12.3 Å². The smallest absolute Gasteiger partial charge is 0.417 e. The number of halogens is 4. The van der Waals surface area contributed by atoms with Crippen LogP contribution in [0, 0.1) is 5.92 Å². The molecule has 1 aliphatic heterocycles. The summed E-state index contributed by atoms with van der Waals surface area (Å²) in [6.07, 6.45) is -3.76. The van der Waals surface area contributed by atoms with Gasteiger partial charge in [0.15, 0.2) is 5.82 Å². The lowest BCUT2D eigenvalue weighted by molar-refractivity contribution is -0.149. The topological polar surface area (TPSA) is 68.3 Å².